The molecule has 116 valence electrons. The molecule has 0 saturated heterocycles. The number of amides is 1. The minimum absolute atomic E-state index is 0.0965. The first-order valence-corrected chi connectivity index (χ1v) is 7.63. The predicted octanol–water partition coefficient (Wildman–Crippen LogP) is 3.55. The fourth-order valence-electron chi connectivity index (χ4n) is 2.42. The van der Waals surface area contributed by atoms with Crippen molar-refractivity contribution in [2.45, 2.75) is 25.7 Å². The van der Waals surface area contributed by atoms with Crippen LogP contribution >= 0.6 is 0 Å². The van der Waals surface area contributed by atoms with Crippen molar-refractivity contribution in [3.63, 3.8) is 0 Å². The van der Waals surface area contributed by atoms with E-state index >= 15 is 0 Å². The summed E-state index contributed by atoms with van der Waals surface area (Å²) < 4.78 is 5.20. The van der Waals surface area contributed by atoms with Crippen LogP contribution in [0.4, 0.5) is 0 Å². The third-order valence-corrected chi connectivity index (χ3v) is 3.73. The quantitative estimate of drug-likeness (QED) is 0.849. The number of carbonyl (C=O) groups is 1. The molecule has 0 fully saturated rings. The second kappa shape index (κ2) is 8.23. The third-order valence-electron chi connectivity index (χ3n) is 3.73. The number of benzene rings is 2. The first kappa shape index (κ1) is 16.1. The van der Waals surface area contributed by atoms with Crippen molar-refractivity contribution in [3.8, 4) is 5.75 Å². The summed E-state index contributed by atoms with van der Waals surface area (Å²) in [5.41, 5.74) is 2.36. The molecule has 0 radical (unpaired) electrons. The fourth-order valence-corrected chi connectivity index (χ4v) is 2.42. The van der Waals surface area contributed by atoms with E-state index in [1.54, 1.807) is 7.11 Å². The molecular formula is C19H23NO2. The second-order valence-corrected chi connectivity index (χ2v) is 5.47. The molecule has 1 amide bonds. The van der Waals surface area contributed by atoms with Gasteiger partial charge in [0.2, 0.25) is 5.91 Å². The van der Waals surface area contributed by atoms with Gasteiger partial charge in [-0.15, -0.1) is 0 Å². The Bertz CT molecular complexity index is 595. The summed E-state index contributed by atoms with van der Waals surface area (Å²) in [4.78, 5) is 12.0. The summed E-state index contributed by atoms with van der Waals surface area (Å²) in [6.45, 7) is 2.73. The summed E-state index contributed by atoms with van der Waals surface area (Å²) in [6.07, 6.45) is 1.32. The molecule has 1 N–H and O–H groups in total. The van der Waals surface area contributed by atoms with Crippen LogP contribution in [-0.2, 0) is 11.2 Å². The number of methoxy groups -OCH3 is 1. The number of carbonyl (C=O) groups excluding carboxylic acids is 1. The summed E-state index contributed by atoms with van der Waals surface area (Å²) in [7, 11) is 1.66. The van der Waals surface area contributed by atoms with Crippen LogP contribution in [0.25, 0.3) is 0 Å². The lowest BCUT2D eigenvalue weighted by Gasteiger charge is -2.12. The van der Waals surface area contributed by atoms with Crippen LogP contribution in [0.15, 0.2) is 54.6 Å². The Morgan fingerprint density at radius 3 is 2.64 bits per heavy atom. The third kappa shape index (κ3) is 4.92. The number of nitrogens with one attached hydrogen (secondary N) is 1. The van der Waals surface area contributed by atoms with Crippen LogP contribution in [0.1, 0.15) is 30.4 Å². The molecule has 0 aromatic heterocycles. The van der Waals surface area contributed by atoms with Gasteiger partial charge in [-0.1, -0.05) is 49.4 Å². The highest BCUT2D eigenvalue weighted by atomic mass is 16.5. The van der Waals surface area contributed by atoms with Crippen molar-refractivity contribution in [2.75, 3.05) is 13.7 Å². The van der Waals surface area contributed by atoms with Crippen LogP contribution in [-0.4, -0.2) is 19.6 Å². The van der Waals surface area contributed by atoms with Crippen molar-refractivity contribution in [2.24, 2.45) is 0 Å². The smallest absolute Gasteiger partial charge is 0.220 e. The molecule has 0 heterocycles. The van der Waals surface area contributed by atoms with Crippen molar-refractivity contribution in [1.29, 1.82) is 0 Å². The van der Waals surface area contributed by atoms with Gasteiger partial charge < -0.3 is 10.1 Å². The first-order chi connectivity index (χ1) is 10.7. The van der Waals surface area contributed by atoms with Crippen LogP contribution in [0.3, 0.4) is 0 Å². The van der Waals surface area contributed by atoms with Crippen LogP contribution < -0.4 is 10.1 Å². The molecule has 0 bridgehead atoms. The zero-order valence-electron chi connectivity index (χ0n) is 13.2. The minimum Gasteiger partial charge on any atom is -0.497 e. The lowest BCUT2D eigenvalue weighted by atomic mass is 9.97. The number of ether oxygens (including phenoxy) is 1. The Hall–Kier alpha value is -2.29. The van der Waals surface area contributed by atoms with E-state index in [2.05, 4.69) is 24.4 Å². The predicted molar refractivity (Wildman–Crippen MR) is 89.2 cm³/mol. The van der Waals surface area contributed by atoms with Crippen LogP contribution in [0, 0.1) is 0 Å². The molecule has 0 saturated carbocycles. The molecule has 3 heteroatoms. The second-order valence-electron chi connectivity index (χ2n) is 5.47. The lowest BCUT2D eigenvalue weighted by molar-refractivity contribution is -0.121. The van der Waals surface area contributed by atoms with Crippen molar-refractivity contribution in [1.82, 2.24) is 5.32 Å². The van der Waals surface area contributed by atoms with Crippen LogP contribution in [0.2, 0.25) is 0 Å². The van der Waals surface area contributed by atoms with E-state index in [9.17, 15) is 4.79 Å². The fraction of sp³-hybridized carbons (Fsp3) is 0.316. The number of hydrogen-bond acceptors (Lipinski definition) is 2. The number of rotatable bonds is 7. The molecule has 2 aromatic carbocycles. The maximum absolute atomic E-state index is 12.0. The van der Waals surface area contributed by atoms with Gasteiger partial charge in [0.15, 0.2) is 0 Å². The van der Waals surface area contributed by atoms with Crippen molar-refractivity contribution < 1.29 is 9.53 Å². The van der Waals surface area contributed by atoms with Gasteiger partial charge in [0.05, 0.1) is 7.11 Å². The van der Waals surface area contributed by atoms with Gasteiger partial charge in [-0.25, -0.2) is 0 Å². The molecular weight excluding hydrogens is 274 g/mol. The van der Waals surface area contributed by atoms with Gasteiger partial charge in [0.1, 0.15) is 5.75 Å². The van der Waals surface area contributed by atoms with Gasteiger partial charge in [-0.2, -0.15) is 0 Å². The summed E-state index contributed by atoms with van der Waals surface area (Å²) in [5, 5.41) is 2.99. The van der Waals surface area contributed by atoms with E-state index in [-0.39, 0.29) is 11.8 Å². The van der Waals surface area contributed by atoms with Crippen LogP contribution in [0.5, 0.6) is 5.75 Å². The molecule has 0 aliphatic rings. The summed E-state index contributed by atoms with van der Waals surface area (Å²) in [6, 6.07) is 18.1. The maximum atomic E-state index is 12.0. The van der Waals surface area contributed by atoms with Crippen molar-refractivity contribution >= 4 is 5.91 Å². The molecule has 22 heavy (non-hydrogen) atoms. The molecule has 0 aliphatic carbocycles. The highest BCUT2D eigenvalue weighted by molar-refractivity contribution is 5.76. The Balaban J connectivity index is 1.76. The van der Waals surface area contributed by atoms with Gasteiger partial charge in [-0.05, 0) is 35.6 Å². The van der Waals surface area contributed by atoms with Gasteiger partial charge >= 0.3 is 0 Å². The standard InChI is InChI=1S/C19H23NO2/c1-15(17-8-4-3-5-9-17)13-19(21)20-12-11-16-7-6-10-18(14-16)22-2/h3-10,14-15H,11-13H2,1-2H3,(H,20,21). The molecule has 2 rings (SSSR count). The van der Waals surface area contributed by atoms with E-state index in [1.165, 1.54) is 5.56 Å². The van der Waals surface area contributed by atoms with Gasteiger partial charge in [0.25, 0.3) is 0 Å². The Labute approximate surface area is 132 Å². The number of hydrogen-bond donors (Lipinski definition) is 1. The highest BCUT2D eigenvalue weighted by Crippen LogP contribution is 2.18. The average Bonchev–Trinajstić information content (AvgIpc) is 2.56. The van der Waals surface area contributed by atoms with E-state index in [1.807, 2.05) is 42.5 Å². The Morgan fingerprint density at radius 2 is 1.91 bits per heavy atom. The normalized spacial score (nSPS) is 11.7. The summed E-state index contributed by atoms with van der Waals surface area (Å²) in [5.74, 6) is 1.18. The maximum Gasteiger partial charge on any atom is 0.220 e. The first-order valence-electron chi connectivity index (χ1n) is 7.63. The largest absolute Gasteiger partial charge is 0.497 e. The zero-order chi connectivity index (χ0) is 15.8. The SMILES string of the molecule is COc1cccc(CCNC(=O)CC(C)c2ccccc2)c1. The van der Waals surface area contributed by atoms with E-state index < -0.39 is 0 Å². The lowest BCUT2D eigenvalue weighted by Crippen LogP contribution is -2.26. The summed E-state index contributed by atoms with van der Waals surface area (Å²) >= 11 is 0. The average molecular weight is 297 g/mol. The molecule has 0 spiro atoms. The molecule has 1 atom stereocenters. The van der Waals surface area contributed by atoms with Gasteiger partial charge in [-0.3, -0.25) is 4.79 Å². The van der Waals surface area contributed by atoms with E-state index in [0.29, 0.717) is 13.0 Å². The highest BCUT2D eigenvalue weighted by Gasteiger charge is 2.10. The van der Waals surface area contributed by atoms with E-state index in [4.69, 9.17) is 4.74 Å². The Morgan fingerprint density at radius 1 is 1.14 bits per heavy atom. The molecule has 0 aliphatic heterocycles. The van der Waals surface area contributed by atoms with Crippen molar-refractivity contribution in [3.05, 3.63) is 65.7 Å². The van der Waals surface area contributed by atoms with E-state index in [0.717, 1.165) is 17.7 Å². The Kier molecular flexibility index (Phi) is 6.01. The topological polar surface area (TPSA) is 38.3 Å². The zero-order valence-corrected chi connectivity index (χ0v) is 13.2. The molecule has 3 nitrogen and oxygen atoms in total. The molecule has 2 aromatic rings. The molecule has 1 unspecified atom stereocenters. The monoisotopic (exact) mass is 297 g/mol. The van der Waals surface area contributed by atoms with Gasteiger partial charge in [0, 0.05) is 13.0 Å². The minimum atomic E-state index is 0.0965.